The Labute approximate surface area is 264 Å². The summed E-state index contributed by atoms with van der Waals surface area (Å²) in [7, 11) is 1.56. The minimum atomic E-state index is -0.807. The number of methoxy groups -OCH3 is 1. The predicted molar refractivity (Wildman–Crippen MR) is 171 cm³/mol. The first-order valence-corrected chi connectivity index (χ1v) is 15.6. The molecule has 10 heteroatoms. The van der Waals surface area contributed by atoms with Crippen molar-refractivity contribution in [3.8, 4) is 11.5 Å². The summed E-state index contributed by atoms with van der Waals surface area (Å²) in [5.41, 5.74) is 2.88. The number of carbonyl (C=O) groups is 1. The molecular weight excluding hydrogens is 684 g/mol. The molecule has 0 saturated heterocycles. The molecule has 216 valence electrons. The van der Waals surface area contributed by atoms with Gasteiger partial charge in [-0.2, -0.15) is 0 Å². The van der Waals surface area contributed by atoms with E-state index in [-0.39, 0.29) is 17.2 Å². The standard InChI is InChI=1S/C32H28Br2N2O5S/c1-18(2)41-31(38)28-19(3)35-32-36(29(28)24-16-23(34)11-13-26(24)39-4)30(37)27(42-32)15-21-14-22(33)10-12-25(21)40-17-20-8-6-5-7-9-20/h5-16,18,29H,17H2,1-4H3/b27-15-/t29-/m0/s1. The van der Waals surface area contributed by atoms with Gasteiger partial charge in [0.1, 0.15) is 24.1 Å². The van der Waals surface area contributed by atoms with Gasteiger partial charge in [-0.25, -0.2) is 9.79 Å². The molecule has 0 amide bonds. The molecule has 3 aromatic carbocycles. The number of halogens is 2. The summed E-state index contributed by atoms with van der Waals surface area (Å²) in [6.45, 7) is 5.71. The maximum Gasteiger partial charge on any atom is 0.338 e. The maximum atomic E-state index is 14.2. The van der Waals surface area contributed by atoms with Gasteiger partial charge >= 0.3 is 5.97 Å². The highest BCUT2D eigenvalue weighted by Crippen LogP contribution is 2.37. The van der Waals surface area contributed by atoms with E-state index in [4.69, 9.17) is 19.2 Å². The van der Waals surface area contributed by atoms with Crippen molar-refractivity contribution in [2.75, 3.05) is 7.11 Å². The number of nitrogens with zero attached hydrogens (tertiary/aromatic N) is 2. The number of fused-ring (bicyclic) bond motifs is 1. The van der Waals surface area contributed by atoms with Gasteiger partial charge in [0.05, 0.1) is 29.0 Å². The molecule has 42 heavy (non-hydrogen) atoms. The number of rotatable bonds is 8. The number of ether oxygens (including phenoxy) is 3. The molecule has 2 heterocycles. The molecule has 0 aliphatic carbocycles. The topological polar surface area (TPSA) is 79.1 Å². The summed E-state index contributed by atoms with van der Waals surface area (Å²) in [5.74, 6) is 0.637. The van der Waals surface area contributed by atoms with E-state index in [0.717, 1.165) is 20.1 Å². The van der Waals surface area contributed by atoms with Crippen LogP contribution in [-0.2, 0) is 16.1 Å². The maximum absolute atomic E-state index is 14.2. The van der Waals surface area contributed by atoms with Crippen LogP contribution in [0.25, 0.3) is 6.08 Å². The fourth-order valence-electron chi connectivity index (χ4n) is 4.71. The minimum Gasteiger partial charge on any atom is -0.496 e. The molecule has 1 aliphatic rings. The third-order valence-electron chi connectivity index (χ3n) is 6.57. The fraction of sp³-hybridized carbons (Fsp3) is 0.219. The molecule has 0 fully saturated rings. The van der Waals surface area contributed by atoms with Gasteiger partial charge in [0.25, 0.3) is 5.56 Å². The van der Waals surface area contributed by atoms with Gasteiger partial charge in [0.2, 0.25) is 0 Å². The van der Waals surface area contributed by atoms with Crippen LogP contribution in [0.5, 0.6) is 11.5 Å². The van der Waals surface area contributed by atoms with E-state index in [1.54, 1.807) is 44.6 Å². The zero-order chi connectivity index (χ0) is 30.0. The molecule has 1 atom stereocenters. The number of esters is 1. The van der Waals surface area contributed by atoms with Gasteiger partial charge in [-0.3, -0.25) is 9.36 Å². The highest BCUT2D eigenvalue weighted by atomic mass is 79.9. The molecule has 4 aromatic rings. The average Bonchev–Trinajstić information content (AvgIpc) is 3.25. The van der Waals surface area contributed by atoms with Crippen molar-refractivity contribution in [1.29, 1.82) is 0 Å². The second-order valence-electron chi connectivity index (χ2n) is 9.88. The van der Waals surface area contributed by atoms with Crippen LogP contribution in [0.4, 0.5) is 0 Å². The third kappa shape index (κ3) is 6.30. The van der Waals surface area contributed by atoms with Crippen LogP contribution in [-0.4, -0.2) is 23.8 Å². The van der Waals surface area contributed by atoms with E-state index in [9.17, 15) is 9.59 Å². The molecule has 0 bridgehead atoms. The lowest BCUT2D eigenvalue weighted by molar-refractivity contribution is -0.143. The first-order chi connectivity index (χ1) is 20.2. The Morgan fingerprint density at radius 1 is 1.05 bits per heavy atom. The van der Waals surface area contributed by atoms with Crippen LogP contribution in [0, 0.1) is 0 Å². The first kappa shape index (κ1) is 30.0. The Kier molecular flexibility index (Phi) is 9.15. The fourth-order valence-corrected chi connectivity index (χ4v) is 6.51. The Balaban J connectivity index is 1.67. The third-order valence-corrected chi connectivity index (χ3v) is 8.54. The van der Waals surface area contributed by atoms with Gasteiger partial charge in [0.15, 0.2) is 4.80 Å². The lowest BCUT2D eigenvalue weighted by Gasteiger charge is -2.26. The second-order valence-corrected chi connectivity index (χ2v) is 12.7. The molecule has 0 saturated carbocycles. The van der Waals surface area contributed by atoms with Crippen molar-refractivity contribution in [3.63, 3.8) is 0 Å². The number of hydrogen-bond acceptors (Lipinski definition) is 7. The van der Waals surface area contributed by atoms with Crippen LogP contribution in [0.15, 0.2) is 96.7 Å². The largest absolute Gasteiger partial charge is 0.496 e. The van der Waals surface area contributed by atoms with Crippen molar-refractivity contribution in [2.24, 2.45) is 4.99 Å². The second kappa shape index (κ2) is 12.8. The molecule has 1 aromatic heterocycles. The molecule has 0 N–H and O–H groups in total. The van der Waals surface area contributed by atoms with Crippen molar-refractivity contribution >= 4 is 55.2 Å². The number of thiazole rings is 1. The molecule has 0 radical (unpaired) electrons. The van der Waals surface area contributed by atoms with E-state index >= 15 is 0 Å². The molecule has 0 unspecified atom stereocenters. The van der Waals surface area contributed by atoms with E-state index in [1.165, 1.54) is 11.3 Å². The van der Waals surface area contributed by atoms with Crippen LogP contribution < -0.4 is 24.4 Å². The van der Waals surface area contributed by atoms with Gasteiger partial charge in [-0.05, 0) is 68.8 Å². The van der Waals surface area contributed by atoms with Gasteiger partial charge in [-0.1, -0.05) is 73.5 Å². The zero-order valence-electron chi connectivity index (χ0n) is 23.4. The average molecular weight is 712 g/mol. The lowest BCUT2D eigenvalue weighted by atomic mass is 9.95. The Hall–Kier alpha value is -3.47. The van der Waals surface area contributed by atoms with E-state index < -0.39 is 12.0 Å². The molecule has 1 aliphatic heterocycles. The lowest BCUT2D eigenvalue weighted by Crippen LogP contribution is -2.40. The molecular formula is C32H28Br2N2O5S. The first-order valence-electron chi connectivity index (χ1n) is 13.2. The van der Waals surface area contributed by atoms with E-state index in [2.05, 4.69) is 31.9 Å². The molecule has 5 rings (SSSR count). The number of benzene rings is 3. The monoisotopic (exact) mass is 710 g/mol. The minimum absolute atomic E-state index is 0.286. The van der Waals surface area contributed by atoms with Gasteiger partial charge in [0, 0.05) is 20.1 Å². The summed E-state index contributed by atoms with van der Waals surface area (Å²) in [6.07, 6.45) is 1.45. The van der Waals surface area contributed by atoms with Gasteiger partial charge < -0.3 is 14.2 Å². The van der Waals surface area contributed by atoms with Crippen LogP contribution in [0.2, 0.25) is 0 Å². The van der Waals surface area contributed by atoms with Crippen molar-refractivity contribution in [2.45, 2.75) is 39.5 Å². The van der Waals surface area contributed by atoms with E-state index in [1.807, 2.05) is 60.7 Å². The number of allylic oxidation sites excluding steroid dienone is 1. The summed E-state index contributed by atoms with van der Waals surface area (Å²) in [4.78, 5) is 32.8. The Morgan fingerprint density at radius 2 is 1.74 bits per heavy atom. The summed E-state index contributed by atoms with van der Waals surface area (Å²) >= 11 is 8.33. The van der Waals surface area contributed by atoms with Crippen LogP contribution >= 0.6 is 43.2 Å². The van der Waals surface area contributed by atoms with Gasteiger partial charge in [-0.15, -0.1) is 0 Å². The zero-order valence-corrected chi connectivity index (χ0v) is 27.4. The van der Waals surface area contributed by atoms with Crippen LogP contribution in [0.1, 0.15) is 43.5 Å². The highest BCUT2D eigenvalue weighted by Gasteiger charge is 2.35. The van der Waals surface area contributed by atoms with E-state index in [0.29, 0.717) is 38.7 Å². The van der Waals surface area contributed by atoms with Crippen molar-refractivity contribution < 1.29 is 19.0 Å². The highest BCUT2D eigenvalue weighted by molar-refractivity contribution is 9.10. The SMILES string of the molecule is COc1ccc(Br)cc1[C@H]1C(C(=O)OC(C)C)=C(C)N=c2s/c(=C\c3cc(Br)ccc3OCc3ccccc3)c(=O)n21. The summed E-state index contributed by atoms with van der Waals surface area (Å²) in [6, 6.07) is 20.2. The Bertz CT molecular complexity index is 1860. The summed E-state index contributed by atoms with van der Waals surface area (Å²) in [5, 5.41) is 0. The molecule has 7 nitrogen and oxygen atoms in total. The number of carbonyl (C=O) groups excluding carboxylic acids is 1. The quantitative estimate of drug-likeness (QED) is 0.201. The smallest absolute Gasteiger partial charge is 0.338 e. The summed E-state index contributed by atoms with van der Waals surface area (Å²) < 4.78 is 21.1. The number of aromatic nitrogens is 1. The number of hydrogen-bond donors (Lipinski definition) is 0. The van der Waals surface area contributed by atoms with Crippen molar-refractivity contribution in [3.05, 3.63) is 123 Å². The predicted octanol–water partition coefficient (Wildman–Crippen LogP) is 6.30. The van der Waals surface area contributed by atoms with Crippen molar-refractivity contribution in [1.82, 2.24) is 4.57 Å². The Morgan fingerprint density at radius 3 is 2.43 bits per heavy atom. The molecule has 0 spiro atoms. The van der Waals surface area contributed by atoms with Crippen LogP contribution in [0.3, 0.4) is 0 Å². The normalized spacial score (nSPS) is 14.9.